The Morgan fingerprint density at radius 3 is 2.21 bits per heavy atom. The number of anilines is 2. The molecule has 0 spiro atoms. The molecule has 0 unspecified atom stereocenters. The Balaban J connectivity index is 1.88. The molecule has 1 aromatic carbocycles. The summed E-state index contributed by atoms with van der Waals surface area (Å²) >= 11 is 0. The minimum Gasteiger partial charge on any atom is -0.326 e. The Morgan fingerprint density at radius 1 is 1.04 bits per heavy atom. The predicted octanol–water partition coefficient (Wildman–Crippen LogP) is 3.39. The number of hydrogen-bond acceptors (Lipinski definition) is 3. The van der Waals surface area contributed by atoms with Gasteiger partial charge in [0, 0.05) is 24.3 Å². The third-order valence-corrected chi connectivity index (χ3v) is 5.04. The van der Waals surface area contributed by atoms with E-state index < -0.39 is 0 Å². The Kier molecular flexibility index (Phi) is 6.37. The van der Waals surface area contributed by atoms with Gasteiger partial charge in [-0.15, -0.1) is 0 Å². The maximum absolute atomic E-state index is 12.4. The smallest absolute Gasteiger partial charge is 0.241 e. The maximum Gasteiger partial charge on any atom is 0.241 e. The van der Waals surface area contributed by atoms with Crippen LogP contribution in [0.2, 0.25) is 0 Å². The number of carbonyl (C=O) groups excluding carboxylic acids is 2. The van der Waals surface area contributed by atoms with Crippen molar-refractivity contribution in [2.75, 3.05) is 10.6 Å². The molecule has 1 aliphatic carbocycles. The molecule has 4 atom stereocenters. The van der Waals surface area contributed by atoms with Crippen LogP contribution < -0.4 is 16.0 Å². The van der Waals surface area contributed by atoms with Crippen molar-refractivity contribution in [3.8, 4) is 0 Å². The van der Waals surface area contributed by atoms with Crippen LogP contribution in [0, 0.1) is 11.8 Å². The van der Waals surface area contributed by atoms with Crippen LogP contribution in [0.1, 0.15) is 47.0 Å². The van der Waals surface area contributed by atoms with Crippen molar-refractivity contribution in [3.63, 3.8) is 0 Å². The van der Waals surface area contributed by atoms with Gasteiger partial charge in [0.25, 0.3) is 0 Å². The molecule has 1 aliphatic rings. The van der Waals surface area contributed by atoms with E-state index in [4.69, 9.17) is 0 Å². The molecule has 3 N–H and O–H groups in total. The zero-order valence-electron chi connectivity index (χ0n) is 15.1. The first-order chi connectivity index (χ1) is 11.4. The number of amides is 2. The maximum atomic E-state index is 12.4. The van der Waals surface area contributed by atoms with Gasteiger partial charge in [-0.3, -0.25) is 9.59 Å². The lowest BCUT2D eigenvalue weighted by molar-refractivity contribution is -0.118. The summed E-state index contributed by atoms with van der Waals surface area (Å²) in [6.07, 6.45) is 3.64. The van der Waals surface area contributed by atoms with Gasteiger partial charge in [0.1, 0.15) is 0 Å². The summed E-state index contributed by atoms with van der Waals surface area (Å²) in [5, 5.41) is 9.12. The third-order valence-electron chi connectivity index (χ3n) is 5.04. The lowest BCUT2D eigenvalue weighted by Crippen LogP contribution is -2.49. The van der Waals surface area contributed by atoms with Gasteiger partial charge in [-0.25, -0.2) is 0 Å². The zero-order valence-corrected chi connectivity index (χ0v) is 15.1. The van der Waals surface area contributed by atoms with Crippen molar-refractivity contribution in [3.05, 3.63) is 24.3 Å². The van der Waals surface area contributed by atoms with Crippen LogP contribution in [0.3, 0.4) is 0 Å². The topological polar surface area (TPSA) is 70.2 Å². The fourth-order valence-corrected chi connectivity index (χ4v) is 3.30. The van der Waals surface area contributed by atoms with E-state index in [-0.39, 0.29) is 17.9 Å². The van der Waals surface area contributed by atoms with E-state index in [0.717, 1.165) is 17.8 Å². The summed E-state index contributed by atoms with van der Waals surface area (Å²) in [5.74, 6) is 1.15. The Bertz CT molecular complexity index is 570. The highest BCUT2D eigenvalue weighted by Gasteiger charge is 2.29. The monoisotopic (exact) mass is 331 g/mol. The summed E-state index contributed by atoms with van der Waals surface area (Å²) in [7, 11) is 0. The van der Waals surface area contributed by atoms with Crippen LogP contribution in [0.15, 0.2) is 24.3 Å². The van der Waals surface area contributed by atoms with Crippen molar-refractivity contribution < 1.29 is 9.59 Å². The molecular weight excluding hydrogens is 302 g/mol. The van der Waals surface area contributed by atoms with Crippen LogP contribution in [0.25, 0.3) is 0 Å². The summed E-state index contributed by atoms with van der Waals surface area (Å²) in [6, 6.07) is 7.30. The van der Waals surface area contributed by atoms with Gasteiger partial charge < -0.3 is 16.0 Å². The van der Waals surface area contributed by atoms with Crippen molar-refractivity contribution >= 4 is 23.2 Å². The molecule has 2 amide bonds. The van der Waals surface area contributed by atoms with Gasteiger partial charge in [-0.1, -0.05) is 26.7 Å². The van der Waals surface area contributed by atoms with Crippen LogP contribution in [0.4, 0.5) is 11.4 Å². The lowest BCUT2D eigenvalue weighted by atomic mass is 9.78. The predicted molar refractivity (Wildman–Crippen MR) is 97.9 cm³/mol. The highest BCUT2D eigenvalue weighted by Crippen LogP contribution is 2.29. The molecule has 24 heavy (non-hydrogen) atoms. The van der Waals surface area contributed by atoms with Crippen molar-refractivity contribution in [2.45, 2.75) is 59.0 Å². The second-order valence-electron chi connectivity index (χ2n) is 7.01. The van der Waals surface area contributed by atoms with E-state index in [1.54, 1.807) is 24.3 Å². The fraction of sp³-hybridized carbons (Fsp3) is 0.579. The van der Waals surface area contributed by atoms with Crippen LogP contribution in [-0.2, 0) is 9.59 Å². The van der Waals surface area contributed by atoms with E-state index in [2.05, 4.69) is 29.8 Å². The van der Waals surface area contributed by atoms with Crippen molar-refractivity contribution in [1.29, 1.82) is 0 Å². The molecule has 132 valence electrons. The molecular formula is C19H29N3O2. The molecule has 1 saturated carbocycles. The third kappa shape index (κ3) is 5.06. The first-order valence-electron chi connectivity index (χ1n) is 8.81. The first kappa shape index (κ1) is 18.5. The number of benzene rings is 1. The summed E-state index contributed by atoms with van der Waals surface area (Å²) < 4.78 is 0. The average molecular weight is 331 g/mol. The SMILES string of the molecule is CC(=O)Nc1ccc(NC(=O)[C@H](C)N[C@H]2CCC[C@@H](C)[C@H]2C)cc1. The molecule has 0 aromatic heterocycles. The van der Waals surface area contributed by atoms with Crippen LogP contribution >= 0.6 is 0 Å². The largest absolute Gasteiger partial charge is 0.326 e. The van der Waals surface area contributed by atoms with Gasteiger partial charge in [0.15, 0.2) is 0 Å². The molecule has 1 fully saturated rings. The summed E-state index contributed by atoms with van der Waals surface area (Å²) in [6.45, 7) is 7.94. The van der Waals surface area contributed by atoms with Gasteiger partial charge >= 0.3 is 0 Å². The Morgan fingerprint density at radius 2 is 1.62 bits per heavy atom. The average Bonchev–Trinajstić information content (AvgIpc) is 2.53. The molecule has 1 aromatic rings. The molecule has 0 radical (unpaired) electrons. The highest BCUT2D eigenvalue weighted by molar-refractivity contribution is 5.95. The molecule has 0 heterocycles. The van der Waals surface area contributed by atoms with E-state index in [1.165, 1.54) is 19.8 Å². The second kappa shape index (κ2) is 8.29. The minimum absolute atomic E-state index is 0.0345. The molecule has 5 heteroatoms. The zero-order chi connectivity index (χ0) is 17.7. The molecule has 0 bridgehead atoms. The van der Waals surface area contributed by atoms with Gasteiger partial charge in [0.05, 0.1) is 6.04 Å². The molecule has 0 saturated heterocycles. The number of hydrogen-bond donors (Lipinski definition) is 3. The normalized spacial score (nSPS) is 24.9. The van der Waals surface area contributed by atoms with Crippen molar-refractivity contribution in [1.82, 2.24) is 5.32 Å². The molecule has 5 nitrogen and oxygen atoms in total. The van der Waals surface area contributed by atoms with Gasteiger partial charge in [0.2, 0.25) is 11.8 Å². The Labute approximate surface area is 144 Å². The van der Waals surface area contributed by atoms with Crippen molar-refractivity contribution in [2.24, 2.45) is 11.8 Å². The lowest BCUT2D eigenvalue weighted by Gasteiger charge is -2.36. The standard InChI is InChI=1S/C19H29N3O2/c1-12-6-5-7-18(13(12)2)20-14(3)19(24)22-17-10-8-16(9-11-17)21-15(4)23/h8-14,18,20H,5-7H2,1-4H3,(H,21,23)(H,22,24)/t12-,13-,14+,18+/m1/s1. The first-order valence-corrected chi connectivity index (χ1v) is 8.81. The molecule has 0 aliphatic heterocycles. The van der Waals surface area contributed by atoms with E-state index >= 15 is 0 Å². The number of carbonyl (C=O) groups is 2. The quantitative estimate of drug-likeness (QED) is 0.774. The van der Waals surface area contributed by atoms with Crippen LogP contribution in [0.5, 0.6) is 0 Å². The van der Waals surface area contributed by atoms with E-state index in [1.807, 2.05) is 6.92 Å². The Hall–Kier alpha value is -1.88. The van der Waals surface area contributed by atoms with E-state index in [9.17, 15) is 9.59 Å². The molecule has 2 rings (SSSR count). The van der Waals surface area contributed by atoms with E-state index in [0.29, 0.717) is 17.9 Å². The minimum atomic E-state index is -0.238. The second-order valence-corrected chi connectivity index (χ2v) is 7.01. The van der Waals surface area contributed by atoms with Gasteiger partial charge in [-0.05, 0) is 49.4 Å². The van der Waals surface area contributed by atoms with Gasteiger partial charge in [-0.2, -0.15) is 0 Å². The summed E-state index contributed by atoms with van der Waals surface area (Å²) in [5.41, 5.74) is 1.45. The highest BCUT2D eigenvalue weighted by atomic mass is 16.2. The van der Waals surface area contributed by atoms with Crippen LogP contribution in [-0.4, -0.2) is 23.9 Å². The number of nitrogens with one attached hydrogen (secondary N) is 3. The summed E-state index contributed by atoms with van der Waals surface area (Å²) in [4.78, 5) is 23.4. The number of rotatable bonds is 5. The fourth-order valence-electron chi connectivity index (χ4n) is 3.30.